The van der Waals surface area contributed by atoms with Crippen LogP contribution in [0.5, 0.6) is 5.75 Å². The molecule has 1 fully saturated rings. The Hall–Kier alpha value is -3.18. The van der Waals surface area contributed by atoms with E-state index in [-0.39, 0.29) is 46.2 Å². The minimum absolute atomic E-state index is 0.0360. The van der Waals surface area contributed by atoms with Crippen LogP contribution in [0.3, 0.4) is 0 Å². The van der Waals surface area contributed by atoms with E-state index in [9.17, 15) is 23.5 Å². The summed E-state index contributed by atoms with van der Waals surface area (Å²) in [6.45, 7) is 0.689. The highest BCUT2D eigenvalue weighted by atomic mass is 32.1. The Morgan fingerprint density at radius 1 is 1.24 bits per heavy atom. The molecule has 1 aliphatic heterocycles. The van der Waals surface area contributed by atoms with Crippen molar-refractivity contribution in [3.05, 3.63) is 62.5 Å². The number of benzene rings is 1. The number of methoxy groups -OCH3 is 1. The van der Waals surface area contributed by atoms with Crippen LogP contribution in [0.15, 0.2) is 29.2 Å². The van der Waals surface area contributed by atoms with Crippen molar-refractivity contribution in [3.63, 3.8) is 0 Å². The average molecular weight is 489 g/mol. The van der Waals surface area contributed by atoms with E-state index in [2.05, 4.69) is 10.2 Å². The van der Waals surface area contributed by atoms with Gasteiger partial charge in [-0.3, -0.25) is 9.59 Å². The highest BCUT2D eigenvalue weighted by molar-refractivity contribution is 7.14. The van der Waals surface area contributed by atoms with E-state index in [4.69, 9.17) is 4.74 Å². The van der Waals surface area contributed by atoms with Crippen LogP contribution in [-0.2, 0) is 17.7 Å². The molecule has 0 radical (unpaired) electrons. The molecule has 1 N–H and O–H groups in total. The minimum atomic E-state index is -0.714. The van der Waals surface area contributed by atoms with Crippen LogP contribution >= 0.6 is 11.3 Å². The summed E-state index contributed by atoms with van der Waals surface area (Å²) in [6.07, 6.45) is 4.40. The summed E-state index contributed by atoms with van der Waals surface area (Å²) in [5.41, 5.74) is -0.399. The van der Waals surface area contributed by atoms with E-state index in [0.717, 1.165) is 42.7 Å². The quantitative estimate of drug-likeness (QED) is 0.573. The first kappa shape index (κ1) is 22.6. The van der Waals surface area contributed by atoms with E-state index >= 15 is 0 Å². The molecule has 1 aliphatic carbocycles. The van der Waals surface area contributed by atoms with Crippen LogP contribution in [-0.4, -0.2) is 56.5 Å². The fourth-order valence-corrected chi connectivity index (χ4v) is 5.36. The minimum Gasteiger partial charge on any atom is -0.503 e. The second-order valence-electron chi connectivity index (χ2n) is 8.54. The first-order chi connectivity index (χ1) is 16.4. The Kier molecular flexibility index (Phi) is 5.90. The molecule has 1 amide bonds. The molecule has 8 nitrogen and oxygen atoms in total. The maximum Gasteiger partial charge on any atom is 0.275 e. The summed E-state index contributed by atoms with van der Waals surface area (Å²) in [5, 5.41) is 19.5. The summed E-state index contributed by atoms with van der Waals surface area (Å²) < 4.78 is 34.1. The van der Waals surface area contributed by atoms with E-state index in [1.54, 1.807) is 16.6 Å². The number of aromatic nitrogens is 3. The number of hydrogen-bond donors (Lipinski definition) is 1. The second-order valence-corrected chi connectivity index (χ2v) is 9.60. The molecule has 3 aromatic rings. The zero-order valence-electron chi connectivity index (χ0n) is 18.3. The summed E-state index contributed by atoms with van der Waals surface area (Å²) >= 11 is 1.07. The number of pyridine rings is 1. The maximum atomic E-state index is 14.0. The summed E-state index contributed by atoms with van der Waals surface area (Å²) in [5.74, 6) is -2.37. The van der Waals surface area contributed by atoms with E-state index in [0.29, 0.717) is 18.2 Å². The fraction of sp³-hybridized carbons (Fsp3) is 0.391. The normalized spacial score (nSPS) is 18.1. The van der Waals surface area contributed by atoms with E-state index in [1.165, 1.54) is 12.3 Å². The molecule has 2 aromatic heterocycles. The lowest BCUT2D eigenvalue weighted by Crippen LogP contribution is -2.57. The van der Waals surface area contributed by atoms with Gasteiger partial charge in [0.2, 0.25) is 5.43 Å². The molecule has 0 bridgehead atoms. The van der Waals surface area contributed by atoms with Gasteiger partial charge in [0.1, 0.15) is 16.6 Å². The SMILES string of the molecule is COC[C@H]1Cn2cc(-c3nnc(Cc4ccc(F)cc4F)s3)c(=O)c(O)c2C(=O)N1C1CCC1. The monoisotopic (exact) mass is 488 g/mol. The van der Waals surface area contributed by atoms with Crippen molar-refractivity contribution < 1.29 is 23.4 Å². The van der Waals surface area contributed by atoms with Crippen molar-refractivity contribution in [1.29, 1.82) is 0 Å². The molecule has 178 valence electrons. The molecular weight excluding hydrogens is 466 g/mol. The van der Waals surface area contributed by atoms with Gasteiger partial charge in [-0.25, -0.2) is 8.78 Å². The number of rotatable bonds is 6. The molecule has 0 saturated heterocycles. The van der Waals surface area contributed by atoms with Gasteiger partial charge in [0, 0.05) is 38.4 Å². The molecule has 0 unspecified atom stereocenters. The number of hydrogen-bond acceptors (Lipinski definition) is 7. The number of carbonyl (C=O) groups is 1. The zero-order valence-corrected chi connectivity index (χ0v) is 19.1. The largest absolute Gasteiger partial charge is 0.503 e. The zero-order chi connectivity index (χ0) is 24.0. The van der Waals surface area contributed by atoms with Gasteiger partial charge >= 0.3 is 0 Å². The lowest BCUT2D eigenvalue weighted by Gasteiger charge is -2.45. The third-order valence-electron chi connectivity index (χ3n) is 6.38. The lowest BCUT2D eigenvalue weighted by atomic mass is 9.89. The molecule has 34 heavy (non-hydrogen) atoms. The van der Waals surface area contributed by atoms with E-state index < -0.39 is 22.8 Å². The van der Waals surface area contributed by atoms with Gasteiger partial charge in [0.25, 0.3) is 5.91 Å². The van der Waals surface area contributed by atoms with Crippen molar-refractivity contribution >= 4 is 17.2 Å². The molecule has 0 spiro atoms. The highest BCUT2D eigenvalue weighted by Crippen LogP contribution is 2.34. The topological polar surface area (TPSA) is 97.5 Å². The van der Waals surface area contributed by atoms with Gasteiger partial charge in [-0.05, 0) is 30.9 Å². The Morgan fingerprint density at radius 3 is 2.71 bits per heavy atom. The molecule has 1 atom stereocenters. The van der Waals surface area contributed by atoms with Gasteiger partial charge < -0.3 is 19.3 Å². The Morgan fingerprint density at radius 2 is 2.03 bits per heavy atom. The number of nitrogens with zero attached hydrogens (tertiary/aromatic N) is 4. The van der Waals surface area contributed by atoms with Gasteiger partial charge in [-0.15, -0.1) is 10.2 Å². The summed E-state index contributed by atoms with van der Waals surface area (Å²) in [7, 11) is 1.57. The number of carbonyl (C=O) groups excluding carboxylic acids is 1. The second kappa shape index (κ2) is 8.88. The number of amides is 1. The van der Waals surface area contributed by atoms with Gasteiger partial charge in [0.15, 0.2) is 16.5 Å². The number of aromatic hydroxyl groups is 1. The smallest absolute Gasteiger partial charge is 0.275 e. The number of fused-ring (bicyclic) bond motifs is 1. The van der Waals surface area contributed by atoms with Gasteiger partial charge in [-0.1, -0.05) is 17.4 Å². The third-order valence-corrected chi connectivity index (χ3v) is 7.33. The van der Waals surface area contributed by atoms with Crippen molar-refractivity contribution in [2.75, 3.05) is 13.7 Å². The fourth-order valence-electron chi connectivity index (χ4n) is 4.49. The molecule has 3 heterocycles. The van der Waals surface area contributed by atoms with Gasteiger partial charge in [0.05, 0.1) is 18.2 Å². The first-order valence-electron chi connectivity index (χ1n) is 10.9. The predicted octanol–water partition coefficient (Wildman–Crippen LogP) is 2.96. The standard InChI is InChI=1S/C23H22F2N4O4S/c1-33-11-15-9-28-10-16(20(30)21(31)19(28)23(32)29(15)14-3-2-4-14)22-27-26-18(34-22)7-12-5-6-13(24)8-17(12)25/h5-6,8,10,14-15,31H,2-4,7,9,11H2,1H3/t15-/m1/s1. The molecule has 1 aromatic carbocycles. The van der Waals surface area contributed by atoms with Crippen LogP contribution in [0.25, 0.3) is 10.6 Å². The average Bonchev–Trinajstić information content (AvgIpc) is 3.22. The lowest BCUT2D eigenvalue weighted by molar-refractivity contribution is 0.0113. The Balaban J connectivity index is 1.49. The van der Waals surface area contributed by atoms with Crippen molar-refractivity contribution in [3.8, 4) is 16.3 Å². The third kappa shape index (κ3) is 3.88. The van der Waals surface area contributed by atoms with Crippen LogP contribution in [0.2, 0.25) is 0 Å². The van der Waals surface area contributed by atoms with Crippen LogP contribution in [0.1, 0.15) is 40.3 Å². The molecule has 11 heteroatoms. The van der Waals surface area contributed by atoms with Crippen LogP contribution in [0.4, 0.5) is 8.78 Å². The Labute approximate surface area is 197 Å². The predicted molar refractivity (Wildman–Crippen MR) is 120 cm³/mol. The summed E-state index contributed by atoms with van der Waals surface area (Å²) in [6, 6.07) is 3.14. The first-order valence-corrected chi connectivity index (χ1v) is 11.7. The van der Waals surface area contributed by atoms with Crippen LogP contribution in [0, 0.1) is 11.6 Å². The van der Waals surface area contributed by atoms with Crippen LogP contribution < -0.4 is 5.43 Å². The maximum absolute atomic E-state index is 14.0. The van der Waals surface area contributed by atoms with E-state index in [1.807, 2.05) is 0 Å². The number of ether oxygens (including phenoxy) is 1. The van der Waals surface area contributed by atoms with Gasteiger partial charge in [-0.2, -0.15) is 0 Å². The number of halogens is 2. The molecule has 1 saturated carbocycles. The summed E-state index contributed by atoms with van der Waals surface area (Å²) in [4.78, 5) is 28.0. The molecule has 5 rings (SSSR count). The Bertz CT molecular complexity index is 1320. The highest BCUT2D eigenvalue weighted by Gasteiger charge is 2.41. The van der Waals surface area contributed by atoms with Crippen molar-refractivity contribution in [2.45, 2.75) is 44.3 Å². The van der Waals surface area contributed by atoms with Crippen molar-refractivity contribution in [2.24, 2.45) is 0 Å². The molecule has 2 aliphatic rings. The van der Waals surface area contributed by atoms with Crippen molar-refractivity contribution in [1.82, 2.24) is 19.7 Å². The molecular formula is C23H22F2N4O4S.